The van der Waals surface area contributed by atoms with Crippen LogP contribution in [0, 0.1) is 0 Å². The van der Waals surface area contributed by atoms with Gasteiger partial charge in [0.05, 0.1) is 11.4 Å². The lowest BCUT2D eigenvalue weighted by Crippen LogP contribution is -2.11. The smallest absolute Gasteiger partial charge is 0.0923 e. The number of hydrogen-bond donors (Lipinski definition) is 2. The highest BCUT2D eigenvalue weighted by atomic mass is 15.1. The van der Waals surface area contributed by atoms with Crippen molar-refractivity contribution in [2.45, 2.75) is 52.4 Å². The molecule has 3 aromatic rings. The van der Waals surface area contributed by atoms with Crippen molar-refractivity contribution in [3.8, 4) is 22.5 Å². The zero-order chi connectivity index (χ0) is 17.5. The minimum Gasteiger partial charge on any atom is -0.281 e. The van der Waals surface area contributed by atoms with Gasteiger partial charge in [-0.3, -0.25) is 10.2 Å². The van der Waals surface area contributed by atoms with E-state index in [2.05, 4.69) is 98.3 Å². The number of nitrogens with one attached hydrogen (secondary N) is 2. The summed E-state index contributed by atoms with van der Waals surface area (Å²) in [5, 5.41) is 15.2. The van der Waals surface area contributed by atoms with Crippen molar-refractivity contribution in [2.24, 2.45) is 0 Å². The van der Waals surface area contributed by atoms with E-state index in [1.54, 1.807) is 0 Å². The summed E-state index contributed by atoms with van der Waals surface area (Å²) in [6, 6.07) is 12.7. The Morgan fingerprint density at radius 2 is 0.958 bits per heavy atom. The first-order chi connectivity index (χ1) is 11.1. The van der Waals surface area contributed by atoms with Crippen molar-refractivity contribution in [1.29, 1.82) is 0 Å². The number of H-pyrrole nitrogens is 2. The number of rotatable bonds is 2. The van der Waals surface area contributed by atoms with Crippen LogP contribution in [0.25, 0.3) is 22.5 Å². The Hall–Kier alpha value is -2.36. The number of aromatic nitrogens is 4. The second-order valence-corrected chi connectivity index (χ2v) is 8.41. The molecule has 4 nitrogen and oxygen atoms in total. The highest BCUT2D eigenvalue weighted by Crippen LogP contribution is 2.28. The van der Waals surface area contributed by atoms with Crippen LogP contribution in [0.2, 0.25) is 0 Å². The van der Waals surface area contributed by atoms with Crippen LogP contribution >= 0.6 is 0 Å². The molecular weight excluding hydrogens is 296 g/mol. The molecule has 0 saturated heterocycles. The maximum Gasteiger partial charge on any atom is 0.0923 e. The molecule has 0 aliphatic heterocycles. The molecule has 0 amide bonds. The van der Waals surface area contributed by atoms with Gasteiger partial charge in [-0.05, 0) is 12.1 Å². The monoisotopic (exact) mass is 322 g/mol. The third-order valence-corrected chi connectivity index (χ3v) is 4.25. The third kappa shape index (κ3) is 3.28. The standard InChI is InChI=1S/C20H26N4/c1-19(2,3)17-11-15(21-23-17)13-7-9-14(10-8-13)16-12-18(24-22-16)20(4,5)6/h7-12H,1-6H3,(H,21,23)(H,22,24). The van der Waals surface area contributed by atoms with E-state index in [-0.39, 0.29) is 10.8 Å². The lowest BCUT2D eigenvalue weighted by Gasteiger charge is -2.14. The highest BCUT2D eigenvalue weighted by molar-refractivity contribution is 5.67. The molecule has 0 radical (unpaired) electrons. The molecule has 0 unspecified atom stereocenters. The van der Waals surface area contributed by atoms with Gasteiger partial charge < -0.3 is 0 Å². The van der Waals surface area contributed by atoms with Crippen LogP contribution in [0.15, 0.2) is 36.4 Å². The molecule has 126 valence electrons. The van der Waals surface area contributed by atoms with Gasteiger partial charge in [0.25, 0.3) is 0 Å². The topological polar surface area (TPSA) is 57.4 Å². The van der Waals surface area contributed by atoms with E-state index in [1.807, 2.05) is 0 Å². The SMILES string of the molecule is CC(C)(C)c1cc(-c2ccc(-c3cc(C(C)(C)C)[nH]n3)cc2)n[nH]1. The molecule has 0 bridgehead atoms. The van der Waals surface area contributed by atoms with Gasteiger partial charge in [-0.25, -0.2) is 0 Å². The number of hydrogen-bond acceptors (Lipinski definition) is 2. The minimum absolute atomic E-state index is 0.0730. The first kappa shape index (κ1) is 16.5. The van der Waals surface area contributed by atoms with Gasteiger partial charge in [0.2, 0.25) is 0 Å². The maximum atomic E-state index is 4.44. The normalized spacial score (nSPS) is 12.6. The first-order valence-corrected chi connectivity index (χ1v) is 8.37. The number of benzene rings is 1. The Balaban J connectivity index is 1.86. The Morgan fingerprint density at radius 3 is 1.21 bits per heavy atom. The van der Waals surface area contributed by atoms with Crippen LogP contribution in [0.1, 0.15) is 52.9 Å². The van der Waals surface area contributed by atoms with Crippen LogP contribution < -0.4 is 0 Å². The predicted octanol–water partition coefficient (Wildman–Crippen LogP) is 5.06. The summed E-state index contributed by atoms with van der Waals surface area (Å²) < 4.78 is 0. The number of nitrogens with zero attached hydrogens (tertiary/aromatic N) is 2. The van der Waals surface area contributed by atoms with Crippen molar-refractivity contribution >= 4 is 0 Å². The molecule has 2 aromatic heterocycles. The lowest BCUT2D eigenvalue weighted by molar-refractivity contribution is 0.566. The van der Waals surface area contributed by atoms with Crippen LogP contribution in [-0.4, -0.2) is 20.4 Å². The Labute approximate surface area is 143 Å². The van der Waals surface area contributed by atoms with Crippen molar-refractivity contribution in [2.75, 3.05) is 0 Å². The van der Waals surface area contributed by atoms with E-state index in [0.717, 1.165) is 33.9 Å². The molecule has 0 aliphatic rings. The van der Waals surface area contributed by atoms with E-state index in [4.69, 9.17) is 0 Å². The van der Waals surface area contributed by atoms with Crippen LogP contribution in [0.3, 0.4) is 0 Å². The molecule has 0 atom stereocenters. The molecule has 0 fully saturated rings. The van der Waals surface area contributed by atoms with Gasteiger partial charge in [0.15, 0.2) is 0 Å². The molecule has 0 spiro atoms. The highest BCUT2D eigenvalue weighted by Gasteiger charge is 2.18. The zero-order valence-corrected chi connectivity index (χ0v) is 15.4. The second-order valence-electron chi connectivity index (χ2n) is 8.41. The molecule has 2 N–H and O–H groups in total. The Kier molecular flexibility index (Phi) is 3.86. The van der Waals surface area contributed by atoms with Gasteiger partial charge in [0.1, 0.15) is 0 Å². The first-order valence-electron chi connectivity index (χ1n) is 8.37. The molecule has 2 heterocycles. The van der Waals surface area contributed by atoms with Gasteiger partial charge in [-0.2, -0.15) is 10.2 Å². The average Bonchev–Trinajstić information content (AvgIpc) is 3.16. The fraction of sp³-hybridized carbons (Fsp3) is 0.400. The largest absolute Gasteiger partial charge is 0.281 e. The fourth-order valence-electron chi connectivity index (χ4n) is 2.52. The number of aromatic amines is 2. The van der Waals surface area contributed by atoms with Crippen LogP contribution in [0.4, 0.5) is 0 Å². The summed E-state index contributed by atoms with van der Waals surface area (Å²) in [4.78, 5) is 0. The Morgan fingerprint density at radius 1 is 0.625 bits per heavy atom. The van der Waals surface area contributed by atoms with Crippen molar-refractivity contribution in [1.82, 2.24) is 20.4 Å². The molecule has 24 heavy (non-hydrogen) atoms. The van der Waals surface area contributed by atoms with Gasteiger partial charge in [-0.15, -0.1) is 0 Å². The second kappa shape index (κ2) is 5.62. The maximum absolute atomic E-state index is 4.44. The van der Waals surface area contributed by atoms with Crippen molar-refractivity contribution < 1.29 is 0 Å². The summed E-state index contributed by atoms with van der Waals surface area (Å²) in [7, 11) is 0. The van der Waals surface area contributed by atoms with E-state index in [0.29, 0.717) is 0 Å². The van der Waals surface area contributed by atoms with E-state index in [9.17, 15) is 0 Å². The van der Waals surface area contributed by atoms with Crippen molar-refractivity contribution in [3.63, 3.8) is 0 Å². The van der Waals surface area contributed by atoms with E-state index >= 15 is 0 Å². The lowest BCUT2D eigenvalue weighted by atomic mass is 9.91. The summed E-state index contributed by atoms with van der Waals surface area (Å²) >= 11 is 0. The fourth-order valence-corrected chi connectivity index (χ4v) is 2.52. The quantitative estimate of drug-likeness (QED) is 0.692. The molecule has 3 rings (SSSR count). The molecule has 1 aromatic carbocycles. The van der Waals surface area contributed by atoms with E-state index < -0.39 is 0 Å². The summed E-state index contributed by atoms with van der Waals surface area (Å²) in [6.07, 6.45) is 0. The summed E-state index contributed by atoms with van der Waals surface area (Å²) in [5.41, 5.74) is 6.60. The van der Waals surface area contributed by atoms with Crippen LogP contribution in [0.5, 0.6) is 0 Å². The minimum atomic E-state index is 0.0730. The molecule has 0 aliphatic carbocycles. The van der Waals surface area contributed by atoms with E-state index in [1.165, 1.54) is 0 Å². The summed E-state index contributed by atoms with van der Waals surface area (Å²) in [5.74, 6) is 0. The molecule has 0 saturated carbocycles. The Bertz CT molecular complexity index is 752. The summed E-state index contributed by atoms with van der Waals surface area (Å²) in [6.45, 7) is 13.1. The van der Waals surface area contributed by atoms with Crippen LogP contribution in [-0.2, 0) is 10.8 Å². The average molecular weight is 322 g/mol. The van der Waals surface area contributed by atoms with Gasteiger partial charge in [0, 0.05) is 33.3 Å². The third-order valence-electron chi connectivity index (χ3n) is 4.25. The van der Waals surface area contributed by atoms with Gasteiger partial charge >= 0.3 is 0 Å². The molecule has 4 heteroatoms. The van der Waals surface area contributed by atoms with Crippen molar-refractivity contribution in [3.05, 3.63) is 47.8 Å². The van der Waals surface area contributed by atoms with Gasteiger partial charge in [-0.1, -0.05) is 65.8 Å². The zero-order valence-electron chi connectivity index (χ0n) is 15.4. The molecular formula is C20H26N4. The predicted molar refractivity (Wildman–Crippen MR) is 99.0 cm³/mol.